The van der Waals surface area contributed by atoms with E-state index in [1.54, 1.807) is 6.20 Å². The van der Waals surface area contributed by atoms with E-state index < -0.39 is 0 Å². The van der Waals surface area contributed by atoms with Crippen LogP contribution in [0.3, 0.4) is 0 Å². The van der Waals surface area contributed by atoms with Gasteiger partial charge >= 0.3 is 0 Å². The number of carbonyl (C=O) groups is 1. The van der Waals surface area contributed by atoms with Gasteiger partial charge in [0.25, 0.3) is 5.91 Å². The van der Waals surface area contributed by atoms with Crippen LogP contribution in [0.1, 0.15) is 42.5 Å². The van der Waals surface area contributed by atoms with E-state index >= 15 is 0 Å². The number of rotatable bonds is 4. The summed E-state index contributed by atoms with van der Waals surface area (Å²) in [5.74, 6) is 1.78. The minimum absolute atomic E-state index is 0.0434. The highest BCUT2D eigenvalue weighted by Gasteiger charge is 2.47. The van der Waals surface area contributed by atoms with Gasteiger partial charge in [0.15, 0.2) is 0 Å². The summed E-state index contributed by atoms with van der Waals surface area (Å²) in [6, 6.07) is 3.82. The quantitative estimate of drug-likeness (QED) is 0.927. The smallest absolute Gasteiger partial charge is 0.256 e. The third kappa shape index (κ3) is 2.58. The molecule has 1 spiro atoms. The molecule has 2 saturated carbocycles. The van der Waals surface area contributed by atoms with Gasteiger partial charge in [-0.1, -0.05) is 0 Å². The molecule has 5 nitrogen and oxygen atoms in total. The first-order valence-electron chi connectivity index (χ1n) is 8.37. The Kier molecular flexibility index (Phi) is 3.53. The van der Waals surface area contributed by atoms with Crippen LogP contribution >= 0.6 is 0 Å². The van der Waals surface area contributed by atoms with Gasteiger partial charge in [0.1, 0.15) is 5.82 Å². The summed E-state index contributed by atoms with van der Waals surface area (Å²) in [4.78, 5) is 19.2. The first-order chi connectivity index (χ1) is 10.8. The Labute approximate surface area is 131 Å². The Hall–Kier alpha value is -1.62. The van der Waals surface area contributed by atoms with Crippen LogP contribution < -0.4 is 5.32 Å². The molecule has 1 aromatic rings. The van der Waals surface area contributed by atoms with Gasteiger partial charge in [0.2, 0.25) is 0 Å². The predicted octanol–water partition coefficient (Wildman–Crippen LogP) is 2.30. The molecule has 3 fully saturated rings. The van der Waals surface area contributed by atoms with Crippen molar-refractivity contribution in [3.05, 3.63) is 23.9 Å². The fourth-order valence-corrected chi connectivity index (χ4v) is 3.40. The van der Waals surface area contributed by atoms with Crippen molar-refractivity contribution in [1.29, 1.82) is 0 Å². The molecule has 2 aliphatic carbocycles. The number of anilines is 1. The van der Waals surface area contributed by atoms with Crippen LogP contribution in [0.2, 0.25) is 0 Å². The van der Waals surface area contributed by atoms with Gasteiger partial charge in [-0.15, -0.1) is 0 Å². The summed E-state index contributed by atoms with van der Waals surface area (Å²) >= 11 is 0. The summed E-state index contributed by atoms with van der Waals surface area (Å²) in [6.45, 7) is 3.02. The second kappa shape index (κ2) is 5.54. The van der Waals surface area contributed by atoms with Gasteiger partial charge in [-0.3, -0.25) is 4.79 Å². The number of morpholine rings is 1. The summed E-state index contributed by atoms with van der Waals surface area (Å²) in [7, 11) is 0. The number of amides is 1. The maximum atomic E-state index is 12.8. The largest absolute Gasteiger partial charge is 0.377 e. The average molecular weight is 301 g/mol. The Morgan fingerprint density at radius 3 is 2.91 bits per heavy atom. The number of nitrogens with zero attached hydrogens (tertiary/aromatic N) is 2. The number of carbonyl (C=O) groups excluding carboxylic acids is 1. The highest BCUT2D eigenvalue weighted by Crippen LogP contribution is 2.40. The van der Waals surface area contributed by atoms with Gasteiger partial charge in [-0.2, -0.15) is 0 Å². The van der Waals surface area contributed by atoms with E-state index in [2.05, 4.69) is 10.3 Å². The van der Waals surface area contributed by atoms with Gasteiger partial charge in [0, 0.05) is 19.3 Å². The molecule has 0 radical (unpaired) electrons. The lowest BCUT2D eigenvalue weighted by Crippen LogP contribution is -2.62. The van der Waals surface area contributed by atoms with Crippen LogP contribution in [-0.4, -0.2) is 47.6 Å². The number of aromatic nitrogens is 1. The third-order valence-electron chi connectivity index (χ3n) is 5.21. The van der Waals surface area contributed by atoms with Crippen molar-refractivity contribution >= 4 is 11.7 Å². The molecule has 1 N–H and O–H groups in total. The van der Waals surface area contributed by atoms with E-state index in [1.807, 2.05) is 17.0 Å². The number of hydrogen-bond acceptors (Lipinski definition) is 4. The predicted molar refractivity (Wildman–Crippen MR) is 83.9 cm³/mol. The van der Waals surface area contributed by atoms with Crippen molar-refractivity contribution in [2.24, 2.45) is 5.92 Å². The molecule has 1 aromatic heterocycles. The summed E-state index contributed by atoms with van der Waals surface area (Å²) in [5.41, 5.74) is 0.642. The molecule has 1 amide bonds. The van der Waals surface area contributed by atoms with Gasteiger partial charge < -0.3 is 15.0 Å². The van der Waals surface area contributed by atoms with Crippen LogP contribution in [0.15, 0.2) is 18.3 Å². The first kappa shape index (κ1) is 14.0. The molecule has 5 heteroatoms. The third-order valence-corrected chi connectivity index (χ3v) is 5.21. The van der Waals surface area contributed by atoms with Crippen LogP contribution in [-0.2, 0) is 4.74 Å². The van der Waals surface area contributed by atoms with E-state index in [0.29, 0.717) is 25.3 Å². The van der Waals surface area contributed by atoms with Crippen LogP contribution in [0, 0.1) is 5.92 Å². The minimum Gasteiger partial charge on any atom is -0.377 e. The van der Waals surface area contributed by atoms with Crippen molar-refractivity contribution in [2.45, 2.75) is 37.6 Å². The van der Waals surface area contributed by atoms with Gasteiger partial charge in [-0.25, -0.2) is 4.98 Å². The number of pyridine rings is 1. The average Bonchev–Trinajstić information content (AvgIpc) is 3.35. The summed E-state index contributed by atoms with van der Waals surface area (Å²) in [5, 5.41) is 3.33. The van der Waals surface area contributed by atoms with E-state index in [0.717, 1.165) is 31.1 Å². The van der Waals surface area contributed by atoms with Crippen molar-refractivity contribution in [2.75, 3.05) is 31.6 Å². The van der Waals surface area contributed by atoms with E-state index in [9.17, 15) is 4.79 Å². The van der Waals surface area contributed by atoms with Gasteiger partial charge in [-0.05, 0) is 50.2 Å². The lowest BCUT2D eigenvalue weighted by molar-refractivity contribution is -0.0877. The minimum atomic E-state index is -0.0434. The molecule has 0 bridgehead atoms. The maximum absolute atomic E-state index is 12.8. The monoisotopic (exact) mass is 301 g/mol. The van der Waals surface area contributed by atoms with E-state index in [1.165, 1.54) is 19.3 Å². The molecule has 1 saturated heterocycles. The summed E-state index contributed by atoms with van der Waals surface area (Å²) in [6.07, 6.45) is 7.67. The van der Waals surface area contributed by atoms with Crippen molar-refractivity contribution in [1.82, 2.24) is 9.88 Å². The Balaban J connectivity index is 1.44. The molecule has 0 atom stereocenters. The zero-order valence-electron chi connectivity index (χ0n) is 12.9. The lowest BCUT2D eigenvalue weighted by Gasteiger charge is -2.52. The Bertz CT molecular complexity index is 550. The van der Waals surface area contributed by atoms with Crippen LogP contribution in [0.4, 0.5) is 5.82 Å². The molecule has 2 heterocycles. The van der Waals surface area contributed by atoms with Crippen LogP contribution in [0.25, 0.3) is 0 Å². The molecule has 0 unspecified atom stereocenters. The Morgan fingerprint density at radius 1 is 1.41 bits per heavy atom. The molecule has 3 aliphatic rings. The van der Waals surface area contributed by atoms with Crippen LogP contribution in [0.5, 0.6) is 0 Å². The Morgan fingerprint density at radius 2 is 2.27 bits per heavy atom. The number of ether oxygens (including phenoxy) is 1. The fourth-order valence-electron chi connectivity index (χ4n) is 3.40. The fraction of sp³-hybridized carbons (Fsp3) is 0.647. The zero-order valence-corrected chi connectivity index (χ0v) is 12.9. The maximum Gasteiger partial charge on any atom is 0.256 e. The van der Waals surface area contributed by atoms with Crippen molar-refractivity contribution in [3.8, 4) is 0 Å². The van der Waals surface area contributed by atoms with Gasteiger partial charge in [0.05, 0.1) is 24.3 Å². The molecule has 22 heavy (non-hydrogen) atoms. The van der Waals surface area contributed by atoms with E-state index in [4.69, 9.17) is 4.74 Å². The molecular formula is C17H23N3O2. The summed E-state index contributed by atoms with van der Waals surface area (Å²) < 4.78 is 5.60. The second-order valence-electron chi connectivity index (χ2n) is 6.84. The lowest BCUT2D eigenvalue weighted by atomic mass is 9.75. The highest BCUT2D eigenvalue weighted by molar-refractivity contribution is 5.94. The van der Waals surface area contributed by atoms with Crippen molar-refractivity contribution in [3.63, 3.8) is 0 Å². The van der Waals surface area contributed by atoms with Crippen molar-refractivity contribution < 1.29 is 9.53 Å². The molecule has 0 aromatic carbocycles. The topological polar surface area (TPSA) is 54.5 Å². The molecule has 1 aliphatic heterocycles. The molecule has 4 rings (SSSR count). The SMILES string of the molecule is O=C(c1ccc(NCC2CC2)nc1)N1CCOCC12CCC2. The molecular weight excluding hydrogens is 278 g/mol. The highest BCUT2D eigenvalue weighted by atomic mass is 16.5. The van der Waals surface area contributed by atoms with E-state index in [-0.39, 0.29) is 11.4 Å². The number of hydrogen-bond donors (Lipinski definition) is 1. The normalized spacial score (nSPS) is 23.2. The first-order valence-corrected chi connectivity index (χ1v) is 8.37. The standard InChI is InChI=1S/C17H23N3O2/c21-16(20-8-9-22-12-17(20)6-1-7-17)14-4-5-15(19-11-14)18-10-13-2-3-13/h4-5,11,13H,1-3,6-10,12H2,(H,18,19). The second-order valence-corrected chi connectivity index (χ2v) is 6.84. The zero-order chi connectivity index (χ0) is 15.0. The molecule has 118 valence electrons. The number of nitrogens with one attached hydrogen (secondary N) is 1.